The third kappa shape index (κ3) is 3.95. The lowest BCUT2D eigenvalue weighted by molar-refractivity contribution is 0.533. The van der Waals surface area contributed by atoms with Gasteiger partial charge in [0.05, 0.1) is 5.69 Å². The molecule has 0 unspecified atom stereocenters. The van der Waals surface area contributed by atoms with Crippen molar-refractivity contribution in [3.63, 3.8) is 0 Å². The molecule has 7 heteroatoms. The highest BCUT2D eigenvalue weighted by molar-refractivity contribution is 7.98. The molecule has 2 aromatic rings. The molecular formula is C14H15FN2O2S2. The van der Waals surface area contributed by atoms with Crippen LogP contribution in [0.1, 0.15) is 5.56 Å². The van der Waals surface area contributed by atoms with Crippen LogP contribution >= 0.6 is 11.8 Å². The monoisotopic (exact) mass is 326 g/mol. The van der Waals surface area contributed by atoms with Gasteiger partial charge >= 0.3 is 0 Å². The summed E-state index contributed by atoms with van der Waals surface area (Å²) in [6, 6.07) is 11.6. The third-order valence-corrected chi connectivity index (χ3v) is 5.24. The Kier molecular flexibility index (Phi) is 5.19. The first-order valence-electron chi connectivity index (χ1n) is 6.19. The van der Waals surface area contributed by atoms with Crippen LogP contribution in [0.15, 0.2) is 53.7 Å². The van der Waals surface area contributed by atoms with Gasteiger partial charge in [-0.25, -0.2) is 17.8 Å². The van der Waals surface area contributed by atoms with Crippen LogP contribution in [0, 0.1) is 0 Å². The number of hydrogen-bond donors (Lipinski definition) is 0. The summed E-state index contributed by atoms with van der Waals surface area (Å²) in [5, 5.41) is 0.556. The van der Waals surface area contributed by atoms with Gasteiger partial charge in [-0.05, 0) is 17.7 Å². The van der Waals surface area contributed by atoms with Crippen LogP contribution < -0.4 is 4.31 Å². The SMILES string of the molecule is CN(c1cccnc1SCc1ccccc1)S(=O)(=O)CF. The molecule has 0 fully saturated rings. The molecule has 4 nitrogen and oxygen atoms in total. The van der Waals surface area contributed by atoms with Gasteiger partial charge in [0.25, 0.3) is 10.0 Å². The molecule has 1 aromatic carbocycles. The van der Waals surface area contributed by atoms with Crippen LogP contribution in [0.2, 0.25) is 0 Å². The molecule has 0 spiro atoms. The molecule has 0 radical (unpaired) electrons. The van der Waals surface area contributed by atoms with Gasteiger partial charge in [-0.3, -0.25) is 4.31 Å². The lowest BCUT2D eigenvalue weighted by Gasteiger charge is -2.19. The highest BCUT2D eigenvalue weighted by Gasteiger charge is 2.21. The molecule has 21 heavy (non-hydrogen) atoms. The summed E-state index contributed by atoms with van der Waals surface area (Å²) in [6.45, 7) is 0. The minimum atomic E-state index is -3.94. The zero-order valence-corrected chi connectivity index (χ0v) is 13.1. The van der Waals surface area contributed by atoms with Crippen LogP contribution in [-0.4, -0.2) is 26.5 Å². The fraction of sp³-hybridized carbons (Fsp3) is 0.214. The molecule has 0 aliphatic carbocycles. The van der Waals surface area contributed by atoms with E-state index < -0.39 is 16.0 Å². The Labute approximate surface area is 128 Å². The molecule has 0 saturated carbocycles. The van der Waals surface area contributed by atoms with E-state index in [4.69, 9.17) is 0 Å². The molecule has 0 aliphatic heterocycles. The van der Waals surface area contributed by atoms with Gasteiger partial charge in [-0.1, -0.05) is 42.1 Å². The van der Waals surface area contributed by atoms with Gasteiger partial charge in [-0.15, -0.1) is 0 Å². The number of alkyl halides is 1. The van der Waals surface area contributed by atoms with Crippen molar-refractivity contribution >= 4 is 27.5 Å². The largest absolute Gasteiger partial charge is 0.268 e. The average molecular weight is 326 g/mol. The standard InChI is InChI=1S/C14H15FN2O2S2/c1-17(21(18,19)11-15)13-8-5-9-16-14(13)20-10-12-6-3-2-4-7-12/h2-9H,10-11H2,1H3. The topological polar surface area (TPSA) is 50.3 Å². The Morgan fingerprint density at radius 1 is 1.19 bits per heavy atom. The molecule has 0 amide bonds. The molecule has 1 heterocycles. The van der Waals surface area contributed by atoms with Crippen LogP contribution in [0.4, 0.5) is 10.1 Å². The molecule has 0 atom stereocenters. The normalized spacial score (nSPS) is 11.3. The van der Waals surface area contributed by atoms with Gasteiger partial charge < -0.3 is 0 Å². The summed E-state index contributed by atoms with van der Waals surface area (Å²) >= 11 is 1.42. The smallest absolute Gasteiger partial charge is 0.264 e. The third-order valence-electron chi connectivity index (χ3n) is 2.86. The molecule has 0 N–H and O–H groups in total. The second-order valence-corrected chi connectivity index (χ2v) is 7.18. The van der Waals surface area contributed by atoms with Crippen molar-refractivity contribution in [3.8, 4) is 0 Å². The maximum absolute atomic E-state index is 12.6. The number of sulfonamides is 1. The van der Waals surface area contributed by atoms with Crippen molar-refractivity contribution in [1.82, 2.24) is 4.98 Å². The maximum Gasteiger partial charge on any atom is 0.264 e. The van der Waals surface area contributed by atoms with E-state index in [1.807, 2.05) is 30.3 Å². The van der Waals surface area contributed by atoms with Crippen molar-refractivity contribution in [2.24, 2.45) is 0 Å². The van der Waals surface area contributed by atoms with E-state index in [9.17, 15) is 12.8 Å². The zero-order chi connectivity index (χ0) is 15.3. The quantitative estimate of drug-likeness (QED) is 0.766. The first-order valence-corrected chi connectivity index (χ1v) is 8.78. The van der Waals surface area contributed by atoms with Crippen molar-refractivity contribution in [2.75, 3.05) is 17.4 Å². The Morgan fingerprint density at radius 2 is 1.90 bits per heavy atom. The van der Waals surface area contributed by atoms with Crippen molar-refractivity contribution in [2.45, 2.75) is 10.8 Å². The van der Waals surface area contributed by atoms with E-state index >= 15 is 0 Å². The Hall–Kier alpha value is -1.60. The average Bonchev–Trinajstić information content (AvgIpc) is 2.53. The number of nitrogens with zero attached hydrogens (tertiary/aromatic N) is 2. The van der Waals surface area contributed by atoms with Crippen molar-refractivity contribution < 1.29 is 12.8 Å². The number of thioether (sulfide) groups is 1. The van der Waals surface area contributed by atoms with Gasteiger partial charge in [0.1, 0.15) is 5.03 Å². The van der Waals surface area contributed by atoms with Gasteiger partial charge in [0, 0.05) is 19.0 Å². The lowest BCUT2D eigenvalue weighted by atomic mass is 10.2. The molecule has 0 saturated heterocycles. The van der Waals surface area contributed by atoms with E-state index in [-0.39, 0.29) is 0 Å². The highest BCUT2D eigenvalue weighted by atomic mass is 32.2. The lowest BCUT2D eigenvalue weighted by Crippen LogP contribution is -2.28. The summed E-state index contributed by atoms with van der Waals surface area (Å²) in [5.74, 6) is 0.661. The fourth-order valence-electron chi connectivity index (χ4n) is 1.68. The summed E-state index contributed by atoms with van der Waals surface area (Å²) in [6.07, 6.45) is 1.59. The van der Waals surface area contributed by atoms with E-state index in [2.05, 4.69) is 4.98 Å². The molecule has 0 aliphatic rings. The molecular weight excluding hydrogens is 311 g/mol. The molecule has 0 bridgehead atoms. The summed E-state index contributed by atoms with van der Waals surface area (Å²) in [4.78, 5) is 4.20. The van der Waals surface area contributed by atoms with Crippen molar-refractivity contribution in [1.29, 1.82) is 0 Å². The van der Waals surface area contributed by atoms with Crippen LogP contribution in [0.25, 0.3) is 0 Å². The molecule has 2 rings (SSSR count). The molecule has 1 aromatic heterocycles. The minimum Gasteiger partial charge on any atom is -0.268 e. The van der Waals surface area contributed by atoms with Gasteiger partial charge in [0.15, 0.2) is 0 Å². The highest BCUT2D eigenvalue weighted by Crippen LogP contribution is 2.31. The predicted octanol–water partition coefficient (Wildman–Crippen LogP) is 3.07. The number of aromatic nitrogens is 1. The van der Waals surface area contributed by atoms with E-state index in [0.29, 0.717) is 16.5 Å². The second kappa shape index (κ2) is 6.91. The molecule has 112 valence electrons. The number of benzene rings is 1. The van der Waals surface area contributed by atoms with Gasteiger partial charge in [0.2, 0.25) is 6.01 Å². The van der Waals surface area contributed by atoms with E-state index in [1.54, 1.807) is 18.3 Å². The van der Waals surface area contributed by atoms with E-state index in [0.717, 1.165) is 9.87 Å². The second-order valence-electron chi connectivity index (χ2n) is 4.29. The van der Waals surface area contributed by atoms with Gasteiger partial charge in [-0.2, -0.15) is 0 Å². The number of rotatable bonds is 6. The first-order chi connectivity index (χ1) is 10.0. The summed E-state index contributed by atoms with van der Waals surface area (Å²) in [7, 11) is -2.61. The fourth-order valence-corrected chi connectivity index (χ4v) is 3.32. The minimum absolute atomic E-state index is 0.385. The number of hydrogen-bond acceptors (Lipinski definition) is 4. The number of halogens is 1. The van der Waals surface area contributed by atoms with Crippen LogP contribution in [0.3, 0.4) is 0 Å². The Morgan fingerprint density at radius 3 is 2.57 bits per heavy atom. The van der Waals surface area contributed by atoms with E-state index in [1.165, 1.54) is 18.8 Å². The number of pyridine rings is 1. The summed E-state index contributed by atoms with van der Waals surface area (Å²) in [5.41, 5.74) is 1.49. The summed E-state index contributed by atoms with van der Waals surface area (Å²) < 4.78 is 36.9. The van der Waals surface area contributed by atoms with Crippen molar-refractivity contribution in [3.05, 3.63) is 54.2 Å². The first kappa shape index (κ1) is 15.8. The number of anilines is 1. The Balaban J connectivity index is 2.21. The predicted molar refractivity (Wildman–Crippen MR) is 83.5 cm³/mol. The van der Waals surface area contributed by atoms with Crippen LogP contribution in [0.5, 0.6) is 0 Å². The zero-order valence-electron chi connectivity index (χ0n) is 11.4. The Bertz CT molecular complexity index is 693. The maximum atomic E-state index is 12.6. The van der Waals surface area contributed by atoms with Crippen LogP contribution in [-0.2, 0) is 15.8 Å².